The van der Waals surface area contributed by atoms with E-state index < -0.39 is 35.7 Å². The molecule has 3 aromatic rings. The maximum Gasteiger partial charge on any atom is 0.416 e. The summed E-state index contributed by atoms with van der Waals surface area (Å²) in [6.07, 6.45) is -2.25. The first-order valence-electron chi connectivity index (χ1n) is 9.21. The molecular formula is C21H15F5N4O. The molecular weight excluding hydrogens is 419 g/mol. The predicted octanol–water partition coefficient (Wildman–Crippen LogP) is 5.70. The Morgan fingerprint density at radius 3 is 2.52 bits per heavy atom. The summed E-state index contributed by atoms with van der Waals surface area (Å²) in [5.74, 6) is -3.51. The fourth-order valence-corrected chi connectivity index (χ4v) is 3.27. The standard InChI is InChI=1S/C21H15F5N4O/c22-20(23)8-11-30(19(31)28-15-6-9-27-10-7-15)18-16(20)4-5-17(29-18)13-2-1-3-14(12-13)21(24,25)26/h1-7,9-10,12H,8,11H2,(H,27,28,31). The first-order chi connectivity index (χ1) is 14.6. The molecule has 2 aromatic heterocycles. The van der Waals surface area contributed by atoms with Gasteiger partial charge in [-0.15, -0.1) is 0 Å². The van der Waals surface area contributed by atoms with Crippen molar-refractivity contribution in [3.05, 3.63) is 72.1 Å². The number of rotatable bonds is 2. The van der Waals surface area contributed by atoms with Gasteiger partial charge < -0.3 is 5.32 Å². The lowest BCUT2D eigenvalue weighted by Crippen LogP contribution is -2.43. The Bertz CT molecular complexity index is 1120. The van der Waals surface area contributed by atoms with Crippen LogP contribution in [0.3, 0.4) is 0 Å². The Morgan fingerprint density at radius 2 is 1.81 bits per heavy atom. The fraction of sp³-hybridized carbons (Fsp3) is 0.190. The van der Waals surface area contributed by atoms with E-state index in [1.54, 1.807) is 0 Å². The average molecular weight is 434 g/mol. The SMILES string of the molecule is O=C(Nc1ccncc1)N1CCC(F)(F)c2ccc(-c3cccc(C(F)(F)F)c3)nc21. The molecule has 160 valence electrons. The third kappa shape index (κ3) is 4.18. The lowest BCUT2D eigenvalue weighted by atomic mass is 9.99. The van der Waals surface area contributed by atoms with Crippen molar-refractivity contribution in [2.45, 2.75) is 18.5 Å². The molecule has 0 saturated carbocycles. The molecule has 3 heterocycles. The summed E-state index contributed by atoms with van der Waals surface area (Å²) < 4.78 is 68.1. The molecule has 4 rings (SSSR count). The quantitative estimate of drug-likeness (QED) is 0.527. The van der Waals surface area contributed by atoms with Gasteiger partial charge in [0.1, 0.15) is 5.82 Å². The van der Waals surface area contributed by atoms with Gasteiger partial charge in [-0.25, -0.2) is 18.6 Å². The van der Waals surface area contributed by atoms with Crippen LogP contribution in [0.2, 0.25) is 0 Å². The zero-order valence-corrected chi connectivity index (χ0v) is 15.8. The van der Waals surface area contributed by atoms with Crippen LogP contribution in [0.5, 0.6) is 0 Å². The topological polar surface area (TPSA) is 58.1 Å². The lowest BCUT2D eigenvalue weighted by molar-refractivity contribution is -0.137. The number of urea groups is 1. The summed E-state index contributed by atoms with van der Waals surface area (Å²) in [5.41, 5.74) is -0.792. The Balaban J connectivity index is 1.73. The van der Waals surface area contributed by atoms with E-state index in [0.29, 0.717) is 5.69 Å². The highest BCUT2D eigenvalue weighted by atomic mass is 19.4. The molecule has 2 amide bonds. The van der Waals surface area contributed by atoms with E-state index >= 15 is 0 Å². The minimum absolute atomic E-state index is 0.0456. The molecule has 1 aliphatic heterocycles. The van der Waals surface area contributed by atoms with E-state index in [1.165, 1.54) is 42.7 Å². The summed E-state index contributed by atoms with van der Waals surface area (Å²) in [5, 5.41) is 2.58. The third-order valence-corrected chi connectivity index (χ3v) is 4.84. The van der Waals surface area contributed by atoms with Crippen molar-refractivity contribution >= 4 is 17.5 Å². The molecule has 0 atom stereocenters. The van der Waals surface area contributed by atoms with Gasteiger partial charge in [0.2, 0.25) is 0 Å². The number of amides is 2. The molecule has 1 N–H and O–H groups in total. The maximum absolute atomic E-state index is 14.5. The van der Waals surface area contributed by atoms with E-state index in [1.807, 2.05) is 0 Å². The van der Waals surface area contributed by atoms with Gasteiger partial charge >= 0.3 is 12.2 Å². The smallest absolute Gasteiger partial charge is 0.307 e. The highest BCUT2D eigenvalue weighted by Gasteiger charge is 2.42. The van der Waals surface area contributed by atoms with E-state index in [-0.39, 0.29) is 23.6 Å². The van der Waals surface area contributed by atoms with Crippen LogP contribution in [-0.2, 0) is 12.1 Å². The normalized spacial score (nSPS) is 15.3. The molecule has 0 bridgehead atoms. The zero-order valence-electron chi connectivity index (χ0n) is 15.8. The zero-order chi connectivity index (χ0) is 22.2. The number of carbonyl (C=O) groups excluding carboxylic acids is 1. The minimum Gasteiger partial charge on any atom is -0.307 e. The Morgan fingerprint density at radius 1 is 1.06 bits per heavy atom. The van der Waals surface area contributed by atoms with Gasteiger partial charge in [-0.05, 0) is 36.4 Å². The van der Waals surface area contributed by atoms with E-state index in [9.17, 15) is 26.7 Å². The van der Waals surface area contributed by atoms with Gasteiger partial charge in [-0.2, -0.15) is 13.2 Å². The van der Waals surface area contributed by atoms with Crippen molar-refractivity contribution in [2.24, 2.45) is 0 Å². The number of fused-ring (bicyclic) bond motifs is 1. The van der Waals surface area contributed by atoms with E-state index in [0.717, 1.165) is 23.1 Å². The van der Waals surface area contributed by atoms with Gasteiger partial charge in [0.15, 0.2) is 0 Å². The minimum atomic E-state index is -4.56. The monoisotopic (exact) mass is 434 g/mol. The van der Waals surface area contributed by atoms with Crippen LogP contribution >= 0.6 is 0 Å². The summed E-state index contributed by atoms with van der Waals surface area (Å²) in [4.78, 5) is 21.8. The van der Waals surface area contributed by atoms with E-state index in [2.05, 4.69) is 15.3 Å². The van der Waals surface area contributed by atoms with Gasteiger partial charge in [0.05, 0.1) is 16.8 Å². The van der Waals surface area contributed by atoms with Gasteiger partial charge in [-0.3, -0.25) is 9.88 Å². The van der Waals surface area contributed by atoms with Crippen molar-refractivity contribution < 1.29 is 26.7 Å². The Hall–Kier alpha value is -3.56. The number of carbonyl (C=O) groups is 1. The van der Waals surface area contributed by atoms with Crippen molar-refractivity contribution in [2.75, 3.05) is 16.8 Å². The molecule has 0 unspecified atom stereocenters. The number of hydrogen-bond donors (Lipinski definition) is 1. The molecule has 5 nitrogen and oxygen atoms in total. The second kappa shape index (κ2) is 7.60. The molecule has 10 heteroatoms. The van der Waals surface area contributed by atoms with Crippen molar-refractivity contribution in [3.8, 4) is 11.3 Å². The van der Waals surface area contributed by atoms with Gasteiger partial charge in [0.25, 0.3) is 5.92 Å². The van der Waals surface area contributed by atoms with Gasteiger partial charge in [0, 0.05) is 36.6 Å². The van der Waals surface area contributed by atoms with Crippen LogP contribution in [0.1, 0.15) is 17.5 Å². The van der Waals surface area contributed by atoms with E-state index in [4.69, 9.17) is 0 Å². The largest absolute Gasteiger partial charge is 0.416 e. The number of nitrogens with zero attached hydrogens (tertiary/aromatic N) is 3. The molecule has 31 heavy (non-hydrogen) atoms. The number of nitrogens with one attached hydrogen (secondary N) is 1. The van der Waals surface area contributed by atoms with Crippen LogP contribution in [0.25, 0.3) is 11.3 Å². The molecule has 0 radical (unpaired) electrons. The molecule has 0 fully saturated rings. The van der Waals surface area contributed by atoms with Crippen LogP contribution in [0.4, 0.5) is 38.3 Å². The van der Waals surface area contributed by atoms with Crippen molar-refractivity contribution in [3.63, 3.8) is 0 Å². The lowest BCUT2D eigenvalue weighted by Gasteiger charge is -2.33. The summed E-state index contributed by atoms with van der Waals surface area (Å²) >= 11 is 0. The van der Waals surface area contributed by atoms with Crippen LogP contribution in [0.15, 0.2) is 60.9 Å². The van der Waals surface area contributed by atoms with Crippen molar-refractivity contribution in [1.82, 2.24) is 9.97 Å². The Kier molecular flexibility index (Phi) is 5.08. The molecule has 1 aromatic carbocycles. The number of hydrogen-bond acceptors (Lipinski definition) is 3. The number of aromatic nitrogens is 2. The summed E-state index contributed by atoms with van der Waals surface area (Å²) in [6.45, 7) is -0.310. The van der Waals surface area contributed by atoms with Gasteiger partial charge in [-0.1, -0.05) is 12.1 Å². The van der Waals surface area contributed by atoms with Crippen LogP contribution in [0, 0.1) is 0 Å². The molecule has 0 saturated heterocycles. The summed E-state index contributed by atoms with van der Waals surface area (Å²) in [7, 11) is 0. The molecule has 0 aliphatic carbocycles. The highest BCUT2D eigenvalue weighted by molar-refractivity contribution is 6.02. The molecule has 0 spiro atoms. The van der Waals surface area contributed by atoms with Crippen LogP contribution in [-0.4, -0.2) is 22.5 Å². The number of anilines is 2. The second-order valence-electron chi connectivity index (χ2n) is 6.92. The number of halogens is 5. The summed E-state index contributed by atoms with van der Waals surface area (Å²) in [6, 6.07) is 9.11. The number of alkyl halides is 5. The fourth-order valence-electron chi connectivity index (χ4n) is 3.27. The maximum atomic E-state index is 14.5. The average Bonchev–Trinajstić information content (AvgIpc) is 2.73. The third-order valence-electron chi connectivity index (χ3n) is 4.84. The first-order valence-corrected chi connectivity index (χ1v) is 9.21. The predicted molar refractivity (Wildman–Crippen MR) is 104 cm³/mol. The second-order valence-corrected chi connectivity index (χ2v) is 6.92. The first kappa shape index (κ1) is 20.7. The highest BCUT2D eigenvalue weighted by Crippen LogP contribution is 2.42. The molecule has 1 aliphatic rings. The van der Waals surface area contributed by atoms with Crippen LogP contribution < -0.4 is 10.2 Å². The Labute approximate surface area is 173 Å². The van der Waals surface area contributed by atoms with Crippen molar-refractivity contribution in [1.29, 1.82) is 0 Å². The number of pyridine rings is 2. The number of benzene rings is 1.